The Morgan fingerprint density at radius 1 is 1.38 bits per heavy atom. The molecule has 0 spiro atoms. The third kappa shape index (κ3) is 5.26. The molecule has 86 valence electrons. The third-order valence-corrected chi connectivity index (χ3v) is 2.11. The van der Waals surface area contributed by atoms with Crippen LogP contribution < -0.4 is 0 Å². The van der Waals surface area contributed by atoms with Gasteiger partial charge in [-0.05, 0) is 44.9 Å². The first-order valence-electron chi connectivity index (χ1n) is 5.22. The van der Waals surface area contributed by atoms with Gasteiger partial charge in [-0.15, -0.1) is 12.3 Å². The van der Waals surface area contributed by atoms with Crippen LogP contribution >= 0.6 is 0 Å². The lowest BCUT2D eigenvalue weighted by Crippen LogP contribution is -1.85. The molecule has 0 aliphatic rings. The molecule has 1 heteroatoms. The lowest BCUT2D eigenvalue weighted by atomic mass is 10.1. The molecule has 0 atom stereocenters. The third-order valence-electron chi connectivity index (χ3n) is 2.11. The van der Waals surface area contributed by atoms with Crippen molar-refractivity contribution in [1.82, 2.24) is 0 Å². The van der Waals surface area contributed by atoms with Gasteiger partial charge in [-0.25, -0.2) is 0 Å². The number of terminal acetylenes is 1. The number of hydrogen-bond acceptors (Lipinski definition) is 1. The van der Waals surface area contributed by atoms with Crippen molar-refractivity contribution in [3.63, 3.8) is 0 Å². The van der Waals surface area contributed by atoms with E-state index in [0.717, 1.165) is 5.76 Å². The van der Waals surface area contributed by atoms with Crippen LogP contribution in [0, 0.1) is 26.2 Å². The summed E-state index contributed by atoms with van der Waals surface area (Å²) >= 11 is 0. The summed E-state index contributed by atoms with van der Waals surface area (Å²) in [4.78, 5) is 0. The van der Waals surface area contributed by atoms with Gasteiger partial charge in [0.1, 0.15) is 0 Å². The SMILES string of the molecule is C#CC.CO/C(C)=C/c1ccc(C)cc1C. The van der Waals surface area contributed by atoms with E-state index in [2.05, 4.69) is 50.5 Å². The zero-order valence-electron chi connectivity index (χ0n) is 10.8. The van der Waals surface area contributed by atoms with Crippen LogP contribution in [-0.2, 0) is 4.74 Å². The van der Waals surface area contributed by atoms with Crippen LogP contribution in [0.4, 0.5) is 0 Å². The average Bonchev–Trinajstić information content (AvgIpc) is 2.23. The van der Waals surface area contributed by atoms with E-state index in [0.29, 0.717) is 0 Å². The fourth-order valence-corrected chi connectivity index (χ4v) is 1.27. The van der Waals surface area contributed by atoms with E-state index in [4.69, 9.17) is 4.74 Å². The monoisotopic (exact) mass is 216 g/mol. The van der Waals surface area contributed by atoms with Crippen molar-refractivity contribution >= 4 is 6.08 Å². The van der Waals surface area contributed by atoms with Crippen LogP contribution in [-0.4, -0.2) is 7.11 Å². The zero-order valence-corrected chi connectivity index (χ0v) is 10.8. The van der Waals surface area contributed by atoms with Gasteiger partial charge in [0.05, 0.1) is 12.9 Å². The van der Waals surface area contributed by atoms with Gasteiger partial charge in [-0.2, -0.15) is 0 Å². The number of aryl methyl sites for hydroxylation is 2. The molecular formula is C15H20O. The van der Waals surface area contributed by atoms with Crippen LogP contribution in [0.25, 0.3) is 6.08 Å². The highest BCUT2D eigenvalue weighted by molar-refractivity contribution is 5.55. The second-order valence-electron chi connectivity index (χ2n) is 3.61. The minimum atomic E-state index is 0.937. The number of benzene rings is 1. The average molecular weight is 216 g/mol. The first kappa shape index (κ1) is 14.3. The van der Waals surface area contributed by atoms with Gasteiger partial charge in [0.15, 0.2) is 0 Å². The van der Waals surface area contributed by atoms with Crippen LogP contribution in [0.2, 0.25) is 0 Å². The highest BCUT2D eigenvalue weighted by Gasteiger charge is 1.95. The second kappa shape index (κ2) is 7.59. The summed E-state index contributed by atoms with van der Waals surface area (Å²) in [5.74, 6) is 3.19. The van der Waals surface area contributed by atoms with E-state index in [1.165, 1.54) is 16.7 Å². The largest absolute Gasteiger partial charge is 0.501 e. The number of rotatable bonds is 2. The molecule has 0 aromatic heterocycles. The van der Waals surface area contributed by atoms with Crippen molar-refractivity contribution in [2.24, 2.45) is 0 Å². The van der Waals surface area contributed by atoms with E-state index < -0.39 is 0 Å². The minimum absolute atomic E-state index is 0.937. The Hall–Kier alpha value is -1.68. The van der Waals surface area contributed by atoms with Gasteiger partial charge in [0.2, 0.25) is 0 Å². The molecule has 1 aromatic carbocycles. The van der Waals surface area contributed by atoms with Crippen LogP contribution in [0.15, 0.2) is 24.0 Å². The maximum atomic E-state index is 5.10. The Morgan fingerprint density at radius 3 is 2.38 bits per heavy atom. The van der Waals surface area contributed by atoms with Crippen molar-refractivity contribution < 1.29 is 4.74 Å². The Morgan fingerprint density at radius 2 is 1.94 bits per heavy atom. The van der Waals surface area contributed by atoms with E-state index in [9.17, 15) is 0 Å². The molecule has 0 radical (unpaired) electrons. The topological polar surface area (TPSA) is 9.23 Å². The molecule has 1 aromatic rings. The summed E-state index contributed by atoms with van der Waals surface area (Å²) in [6.07, 6.45) is 6.65. The molecule has 0 saturated heterocycles. The predicted octanol–water partition coefficient (Wildman–Crippen LogP) is 3.95. The standard InChI is InChI=1S/C12H16O.C3H4/c1-9-5-6-12(10(2)7-9)8-11(3)13-4;1-3-2/h5-8H,1-4H3;1H,2H3/b11-8+;. The van der Waals surface area contributed by atoms with Crippen molar-refractivity contribution in [2.75, 3.05) is 7.11 Å². The van der Waals surface area contributed by atoms with Crippen LogP contribution in [0.3, 0.4) is 0 Å². The maximum Gasteiger partial charge on any atom is 0.0930 e. The summed E-state index contributed by atoms with van der Waals surface area (Å²) < 4.78 is 5.10. The lowest BCUT2D eigenvalue weighted by molar-refractivity contribution is 0.297. The van der Waals surface area contributed by atoms with Gasteiger partial charge in [-0.3, -0.25) is 0 Å². The van der Waals surface area contributed by atoms with Gasteiger partial charge in [0, 0.05) is 0 Å². The molecule has 0 aliphatic carbocycles. The molecule has 0 saturated carbocycles. The Bertz CT molecular complexity index is 394. The van der Waals surface area contributed by atoms with Gasteiger partial charge in [-0.1, -0.05) is 23.8 Å². The fourth-order valence-electron chi connectivity index (χ4n) is 1.27. The second-order valence-corrected chi connectivity index (χ2v) is 3.61. The van der Waals surface area contributed by atoms with E-state index >= 15 is 0 Å². The molecule has 0 amide bonds. The molecule has 0 unspecified atom stereocenters. The Labute approximate surface area is 99.1 Å². The molecule has 0 heterocycles. The smallest absolute Gasteiger partial charge is 0.0930 e. The summed E-state index contributed by atoms with van der Waals surface area (Å²) in [6.45, 7) is 7.82. The molecule has 0 aliphatic heterocycles. The number of ether oxygens (including phenoxy) is 1. The van der Waals surface area contributed by atoms with Crippen molar-refractivity contribution in [1.29, 1.82) is 0 Å². The van der Waals surface area contributed by atoms with Gasteiger partial charge < -0.3 is 4.74 Å². The molecule has 0 N–H and O–H groups in total. The van der Waals surface area contributed by atoms with E-state index in [1.54, 1.807) is 14.0 Å². The quantitative estimate of drug-likeness (QED) is 0.537. The normalized spacial score (nSPS) is 9.88. The molecule has 0 bridgehead atoms. The first-order valence-corrected chi connectivity index (χ1v) is 5.22. The summed E-state index contributed by atoms with van der Waals surface area (Å²) in [5.41, 5.74) is 3.81. The van der Waals surface area contributed by atoms with Gasteiger partial charge in [0.25, 0.3) is 0 Å². The zero-order chi connectivity index (χ0) is 12.6. The maximum absolute atomic E-state index is 5.10. The fraction of sp³-hybridized carbons (Fsp3) is 0.333. The molecule has 0 fully saturated rings. The predicted molar refractivity (Wildman–Crippen MR) is 71.1 cm³/mol. The van der Waals surface area contributed by atoms with Crippen molar-refractivity contribution in [2.45, 2.75) is 27.7 Å². The number of hydrogen-bond donors (Lipinski definition) is 0. The minimum Gasteiger partial charge on any atom is -0.501 e. The Kier molecular flexibility index (Phi) is 6.79. The summed E-state index contributed by atoms with van der Waals surface area (Å²) in [7, 11) is 1.69. The highest BCUT2D eigenvalue weighted by Crippen LogP contribution is 2.14. The van der Waals surface area contributed by atoms with E-state index in [1.807, 2.05) is 6.92 Å². The molecule has 16 heavy (non-hydrogen) atoms. The van der Waals surface area contributed by atoms with Crippen molar-refractivity contribution in [3.8, 4) is 12.3 Å². The van der Waals surface area contributed by atoms with Crippen LogP contribution in [0.5, 0.6) is 0 Å². The highest BCUT2D eigenvalue weighted by atomic mass is 16.5. The Balaban J connectivity index is 0.000000673. The summed E-state index contributed by atoms with van der Waals surface area (Å²) in [5, 5.41) is 0. The lowest BCUT2D eigenvalue weighted by Gasteiger charge is -2.03. The number of methoxy groups -OCH3 is 1. The van der Waals surface area contributed by atoms with E-state index in [-0.39, 0.29) is 0 Å². The molecule has 1 rings (SSSR count). The van der Waals surface area contributed by atoms with Crippen molar-refractivity contribution in [3.05, 3.63) is 40.6 Å². The molecule has 1 nitrogen and oxygen atoms in total. The molecular weight excluding hydrogens is 196 g/mol. The number of allylic oxidation sites excluding steroid dienone is 1. The summed E-state index contributed by atoms with van der Waals surface area (Å²) in [6, 6.07) is 6.41. The van der Waals surface area contributed by atoms with Crippen LogP contribution in [0.1, 0.15) is 30.5 Å². The van der Waals surface area contributed by atoms with Gasteiger partial charge >= 0.3 is 0 Å². The first-order chi connectivity index (χ1) is 7.54.